The van der Waals surface area contributed by atoms with Gasteiger partial charge in [0.2, 0.25) is 0 Å². The van der Waals surface area contributed by atoms with Crippen molar-refractivity contribution in [1.29, 1.82) is 0 Å². The van der Waals surface area contributed by atoms with Gasteiger partial charge in [-0.3, -0.25) is 9.59 Å². The molecule has 2 N–H and O–H groups in total. The fourth-order valence-corrected chi connectivity index (χ4v) is 11.7. The fraction of sp³-hybridized carbons (Fsp3) is 0.743. The minimum absolute atomic E-state index is 0.229. The van der Waals surface area contributed by atoms with E-state index in [1.165, 1.54) is 13.8 Å². The first-order valence-corrected chi connectivity index (χ1v) is 16.5. The van der Waals surface area contributed by atoms with Crippen molar-refractivity contribution in [2.24, 2.45) is 28.1 Å². The van der Waals surface area contributed by atoms with Gasteiger partial charge < -0.3 is 38.3 Å². The zero-order chi connectivity index (χ0) is 33.2. The molecule has 11 nitrogen and oxygen atoms in total. The average molecular weight is 643 g/mol. The van der Waals surface area contributed by atoms with Crippen LogP contribution < -0.4 is 0 Å². The molecule has 4 saturated carbocycles. The van der Waals surface area contributed by atoms with Gasteiger partial charge in [-0.05, 0) is 57.6 Å². The Hall–Kier alpha value is -2.73. The summed E-state index contributed by atoms with van der Waals surface area (Å²) in [6.45, 7) is 12.3. The molecule has 1 unspecified atom stereocenters. The summed E-state index contributed by atoms with van der Waals surface area (Å²) in [4.78, 5) is 38.4. The SMILES string of the molecule is C/C=C(\C)C(=O)O[C@H]1C[C@@H](c2ccoc2)[C@](C)(O)[C@]12O[C@H]1C[C@@H]3[C@]4(C)C5[C@@H](OC[C@]5(C)[C@H](OC(C)=O)C[C@@H]4OC(C)=O)[C@@H](O)[C@]32C1. The first-order valence-electron chi connectivity index (χ1n) is 16.5. The third kappa shape index (κ3) is 3.71. The number of rotatable bonds is 5. The third-order valence-corrected chi connectivity index (χ3v) is 13.4. The second-order valence-corrected chi connectivity index (χ2v) is 15.4. The lowest BCUT2D eigenvalue weighted by molar-refractivity contribution is -0.337. The van der Waals surface area contributed by atoms with Crippen LogP contribution in [0.3, 0.4) is 0 Å². The van der Waals surface area contributed by atoms with Gasteiger partial charge in [-0.15, -0.1) is 0 Å². The van der Waals surface area contributed by atoms with E-state index in [0.29, 0.717) is 18.4 Å². The highest BCUT2D eigenvalue weighted by atomic mass is 16.6. The van der Waals surface area contributed by atoms with E-state index in [1.807, 2.05) is 6.92 Å². The number of hydrogen-bond acceptors (Lipinski definition) is 11. The summed E-state index contributed by atoms with van der Waals surface area (Å²) in [5.74, 6) is -2.64. The standard InChI is InChI=1S/C35H46O11/c1-8-17(2)30(39)45-26-12-22(20-9-10-41-15-20)33(7,40)35(26)34-14-21(46-35)11-23(34)32(6)25(44-19(4)37)13-24(43-18(3)36)31(5)16-42-27(28(31)32)29(34)38/h8-10,15,21-29,38,40H,11-14,16H2,1-7H3/b17-8+/t21-,22-,23+,24+,25-,26-,27+,28?,29+,31+,32-,33-,34-,35+/m0/s1. The van der Waals surface area contributed by atoms with Crippen molar-refractivity contribution in [3.63, 3.8) is 0 Å². The minimum Gasteiger partial charge on any atom is -0.472 e. The van der Waals surface area contributed by atoms with Crippen molar-refractivity contribution < 1.29 is 52.7 Å². The van der Waals surface area contributed by atoms with Gasteiger partial charge in [0.25, 0.3) is 0 Å². The van der Waals surface area contributed by atoms with E-state index in [-0.39, 0.29) is 37.4 Å². The Kier molecular flexibility index (Phi) is 7.02. The van der Waals surface area contributed by atoms with E-state index in [2.05, 4.69) is 6.92 Å². The maximum atomic E-state index is 13.4. The number of allylic oxidation sites excluding steroid dienone is 1. The molecule has 2 bridgehead atoms. The Morgan fingerprint density at radius 2 is 1.67 bits per heavy atom. The largest absolute Gasteiger partial charge is 0.472 e. The summed E-state index contributed by atoms with van der Waals surface area (Å²) >= 11 is 0. The number of ether oxygens (including phenoxy) is 5. The maximum Gasteiger partial charge on any atom is 0.333 e. The highest BCUT2D eigenvalue weighted by Crippen LogP contribution is 2.80. The zero-order valence-electron chi connectivity index (χ0n) is 27.6. The molecule has 2 saturated heterocycles. The predicted octanol–water partition coefficient (Wildman–Crippen LogP) is 3.60. The minimum atomic E-state index is -1.63. The summed E-state index contributed by atoms with van der Waals surface area (Å²) in [6, 6.07) is 1.80. The monoisotopic (exact) mass is 642 g/mol. The number of carbonyl (C=O) groups is 3. The third-order valence-electron chi connectivity index (χ3n) is 13.4. The number of aliphatic hydroxyl groups is 2. The van der Waals surface area contributed by atoms with E-state index in [4.69, 9.17) is 28.1 Å². The van der Waals surface area contributed by atoms with Crippen molar-refractivity contribution >= 4 is 17.9 Å². The van der Waals surface area contributed by atoms with Crippen LogP contribution in [-0.2, 0) is 38.1 Å². The first kappa shape index (κ1) is 31.8. The first-order chi connectivity index (χ1) is 21.6. The second-order valence-electron chi connectivity index (χ2n) is 15.4. The van der Waals surface area contributed by atoms with Gasteiger partial charge in [0.15, 0.2) is 0 Å². The molecule has 1 aromatic rings. The van der Waals surface area contributed by atoms with Crippen LogP contribution in [0.15, 0.2) is 34.7 Å². The Morgan fingerprint density at radius 1 is 0.978 bits per heavy atom. The normalized spacial score (nSPS) is 50.3. The molecule has 0 aromatic carbocycles. The lowest BCUT2D eigenvalue weighted by atomic mass is 9.38. The van der Waals surface area contributed by atoms with Crippen molar-refractivity contribution in [3.8, 4) is 0 Å². The van der Waals surface area contributed by atoms with Gasteiger partial charge in [-0.25, -0.2) is 4.79 Å². The van der Waals surface area contributed by atoms with E-state index in [0.717, 1.165) is 5.56 Å². The summed E-state index contributed by atoms with van der Waals surface area (Å²) in [6.07, 6.45) is 1.81. The summed E-state index contributed by atoms with van der Waals surface area (Å²) in [5.41, 5.74) is -4.61. The van der Waals surface area contributed by atoms with Crippen molar-refractivity contribution in [3.05, 3.63) is 35.8 Å². The Morgan fingerprint density at radius 3 is 2.30 bits per heavy atom. The van der Waals surface area contributed by atoms with E-state index >= 15 is 0 Å². The van der Waals surface area contributed by atoms with Crippen molar-refractivity contribution in [2.75, 3.05) is 6.61 Å². The van der Waals surface area contributed by atoms with Crippen molar-refractivity contribution in [2.45, 2.75) is 128 Å². The van der Waals surface area contributed by atoms with Gasteiger partial charge in [-0.1, -0.05) is 19.9 Å². The van der Waals surface area contributed by atoms with Crippen LogP contribution in [-0.4, -0.2) is 82.6 Å². The fourth-order valence-electron chi connectivity index (χ4n) is 11.7. The van der Waals surface area contributed by atoms with Gasteiger partial charge >= 0.3 is 17.9 Å². The molecule has 252 valence electrons. The molecule has 0 radical (unpaired) electrons. The van der Waals surface area contributed by atoms with Crippen LogP contribution >= 0.6 is 0 Å². The predicted molar refractivity (Wildman–Crippen MR) is 160 cm³/mol. The molecular formula is C35H46O11. The van der Waals surface area contributed by atoms with Gasteiger partial charge in [0.05, 0.1) is 37.4 Å². The van der Waals surface area contributed by atoms with Crippen molar-refractivity contribution in [1.82, 2.24) is 0 Å². The molecule has 7 rings (SSSR count). The number of carbonyl (C=O) groups excluding carboxylic acids is 3. The molecule has 4 aliphatic carbocycles. The smallest absolute Gasteiger partial charge is 0.333 e. The van der Waals surface area contributed by atoms with Crippen LogP contribution in [0.1, 0.15) is 85.6 Å². The summed E-state index contributed by atoms with van der Waals surface area (Å²) in [7, 11) is 0. The molecule has 14 atom stereocenters. The van der Waals surface area contributed by atoms with Crippen LogP contribution in [0.4, 0.5) is 0 Å². The lowest BCUT2D eigenvalue weighted by Gasteiger charge is -2.69. The Bertz CT molecular complexity index is 1470. The number of fused-ring (bicyclic) bond motifs is 2. The number of hydrogen-bond donors (Lipinski definition) is 2. The molecule has 0 amide bonds. The molecule has 11 heteroatoms. The molecule has 1 aromatic heterocycles. The molecule has 6 aliphatic rings. The maximum absolute atomic E-state index is 13.4. The van der Waals surface area contributed by atoms with E-state index < -0.39 is 81.8 Å². The van der Waals surface area contributed by atoms with E-state index in [9.17, 15) is 24.6 Å². The zero-order valence-corrected chi connectivity index (χ0v) is 27.6. The second kappa shape index (κ2) is 10.1. The van der Waals surface area contributed by atoms with Crippen LogP contribution in [0.5, 0.6) is 0 Å². The Labute approximate surface area is 268 Å². The van der Waals surface area contributed by atoms with Gasteiger partial charge in [0.1, 0.15) is 29.5 Å². The molecule has 3 heterocycles. The highest BCUT2D eigenvalue weighted by molar-refractivity contribution is 5.87. The van der Waals surface area contributed by atoms with Crippen LogP contribution in [0, 0.1) is 28.1 Å². The van der Waals surface area contributed by atoms with Crippen LogP contribution in [0.2, 0.25) is 0 Å². The molecule has 2 aliphatic heterocycles. The van der Waals surface area contributed by atoms with Crippen LogP contribution in [0.25, 0.3) is 0 Å². The summed E-state index contributed by atoms with van der Waals surface area (Å²) < 4.78 is 37.3. The molecule has 2 spiro atoms. The topological polar surface area (TPSA) is 151 Å². The van der Waals surface area contributed by atoms with E-state index in [1.54, 1.807) is 45.4 Å². The highest BCUT2D eigenvalue weighted by Gasteiger charge is 2.89. The Balaban J connectivity index is 1.43. The molecular weight excluding hydrogens is 596 g/mol. The molecule has 46 heavy (non-hydrogen) atoms. The number of furan rings is 1. The summed E-state index contributed by atoms with van der Waals surface area (Å²) in [5, 5.41) is 25.7. The number of esters is 3. The average Bonchev–Trinajstić information content (AvgIpc) is 3.80. The number of aliphatic hydroxyl groups excluding tert-OH is 1. The van der Waals surface area contributed by atoms with Gasteiger partial charge in [0, 0.05) is 53.9 Å². The quantitative estimate of drug-likeness (QED) is 0.275. The van der Waals surface area contributed by atoms with Gasteiger partial charge in [-0.2, -0.15) is 0 Å². The molecule has 6 fully saturated rings. The lowest BCUT2D eigenvalue weighted by Crippen LogP contribution is -2.79.